The fraction of sp³-hybridized carbons (Fsp3) is 0.0435. The number of carbonyl (C=O) groups is 1. The predicted octanol–water partition coefficient (Wildman–Crippen LogP) is 6.56. The average Bonchev–Trinajstić information content (AvgIpc) is 3.17. The highest BCUT2D eigenvalue weighted by molar-refractivity contribution is 7.90. The molecule has 0 atom stereocenters. The first-order valence-corrected chi connectivity index (χ1v) is 12.7. The van der Waals surface area contributed by atoms with Crippen molar-refractivity contribution >= 4 is 50.2 Å². The monoisotopic (exact) mass is 505 g/mol. The minimum Gasteiger partial charge on any atom is -0.286 e. The van der Waals surface area contributed by atoms with Crippen molar-refractivity contribution < 1.29 is 17.6 Å². The zero-order valence-electron chi connectivity index (χ0n) is 16.5. The van der Waals surface area contributed by atoms with Crippen LogP contribution in [0, 0.1) is 5.82 Å². The molecule has 32 heavy (non-hydrogen) atoms. The molecule has 0 bridgehead atoms. The quantitative estimate of drug-likeness (QED) is 0.288. The molecule has 1 heterocycles. The molecule has 9 heteroatoms. The normalized spacial score (nSPS) is 11.5. The van der Waals surface area contributed by atoms with Gasteiger partial charge in [0.05, 0.1) is 15.5 Å². The number of halogens is 3. The average molecular weight is 506 g/mol. The first-order valence-electron chi connectivity index (χ1n) is 9.20. The molecule has 0 aliphatic carbocycles. The number of thiazole rings is 1. The first-order chi connectivity index (χ1) is 15.1. The second-order valence-electron chi connectivity index (χ2n) is 6.96. The summed E-state index contributed by atoms with van der Waals surface area (Å²) in [6, 6.07) is 16.6. The summed E-state index contributed by atoms with van der Waals surface area (Å²) >= 11 is 13.2. The number of carbonyl (C=O) groups excluding carboxylic acids is 1. The van der Waals surface area contributed by atoms with Crippen molar-refractivity contribution in [1.82, 2.24) is 4.98 Å². The van der Waals surface area contributed by atoms with Gasteiger partial charge in [-0.2, -0.15) is 0 Å². The van der Waals surface area contributed by atoms with Crippen LogP contribution in [0.25, 0.3) is 21.7 Å². The minimum absolute atomic E-state index is 0.0819. The molecule has 0 radical (unpaired) electrons. The summed E-state index contributed by atoms with van der Waals surface area (Å²) in [6.07, 6.45) is 1.11. The van der Waals surface area contributed by atoms with Gasteiger partial charge < -0.3 is 0 Å². The third kappa shape index (κ3) is 4.61. The number of sulfone groups is 1. The number of aromatic nitrogens is 1. The maximum Gasteiger partial charge on any atom is 0.221 e. The largest absolute Gasteiger partial charge is 0.286 e. The van der Waals surface area contributed by atoms with Gasteiger partial charge in [0, 0.05) is 27.4 Å². The van der Waals surface area contributed by atoms with Crippen molar-refractivity contribution in [2.75, 3.05) is 6.26 Å². The van der Waals surface area contributed by atoms with Crippen LogP contribution >= 0.6 is 34.5 Å². The van der Waals surface area contributed by atoms with Crippen molar-refractivity contribution in [3.05, 3.63) is 93.2 Å². The molecule has 4 nitrogen and oxygen atoms in total. The van der Waals surface area contributed by atoms with Crippen LogP contribution in [0.3, 0.4) is 0 Å². The predicted molar refractivity (Wildman–Crippen MR) is 126 cm³/mol. The topological polar surface area (TPSA) is 64.1 Å². The third-order valence-electron chi connectivity index (χ3n) is 4.59. The van der Waals surface area contributed by atoms with E-state index < -0.39 is 21.4 Å². The molecule has 0 amide bonds. The zero-order valence-corrected chi connectivity index (χ0v) is 19.6. The molecule has 0 saturated carbocycles. The van der Waals surface area contributed by atoms with Crippen LogP contribution in [0.1, 0.15) is 15.4 Å². The fourth-order valence-corrected chi connectivity index (χ4v) is 5.65. The Labute approximate surface area is 198 Å². The van der Waals surface area contributed by atoms with E-state index in [1.807, 2.05) is 0 Å². The van der Waals surface area contributed by atoms with E-state index in [1.54, 1.807) is 30.3 Å². The van der Waals surface area contributed by atoms with Gasteiger partial charge in [-0.1, -0.05) is 53.5 Å². The zero-order chi connectivity index (χ0) is 23.0. The summed E-state index contributed by atoms with van der Waals surface area (Å²) in [7, 11) is -3.58. The summed E-state index contributed by atoms with van der Waals surface area (Å²) in [4.78, 5) is 18.3. The highest BCUT2D eigenvalue weighted by Crippen LogP contribution is 2.40. The van der Waals surface area contributed by atoms with Gasteiger partial charge in [0.25, 0.3) is 0 Å². The molecule has 0 aliphatic heterocycles. The molecule has 0 aliphatic rings. The maximum atomic E-state index is 13.5. The van der Waals surface area contributed by atoms with Crippen LogP contribution in [0.5, 0.6) is 0 Å². The lowest BCUT2D eigenvalue weighted by molar-refractivity contribution is 0.103. The number of hydrogen-bond donors (Lipinski definition) is 0. The van der Waals surface area contributed by atoms with Gasteiger partial charge in [-0.25, -0.2) is 17.8 Å². The third-order valence-corrected chi connectivity index (χ3v) is 7.29. The smallest absolute Gasteiger partial charge is 0.221 e. The van der Waals surface area contributed by atoms with Gasteiger partial charge in [0.1, 0.15) is 5.82 Å². The van der Waals surface area contributed by atoms with E-state index in [9.17, 15) is 17.6 Å². The molecule has 4 aromatic rings. The van der Waals surface area contributed by atoms with Crippen LogP contribution in [-0.4, -0.2) is 25.4 Å². The van der Waals surface area contributed by atoms with E-state index in [1.165, 1.54) is 36.4 Å². The Morgan fingerprint density at radius 1 is 0.969 bits per heavy atom. The van der Waals surface area contributed by atoms with E-state index in [0.717, 1.165) is 17.6 Å². The van der Waals surface area contributed by atoms with Gasteiger partial charge in [0.2, 0.25) is 5.78 Å². The van der Waals surface area contributed by atoms with E-state index in [0.29, 0.717) is 31.7 Å². The number of benzene rings is 3. The molecular weight excluding hydrogens is 492 g/mol. The molecular formula is C23H14Cl2FNO3S2. The van der Waals surface area contributed by atoms with E-state index >= 15 is 0 Å². The van der Waals surface area contributed by atoms with Crippen LogP contribution in [0.2, 0.25) is 10.0 Å². The maximum absolute atomic E-state index is 13.5. The summed E-state index contributed by atoms with van der Waals surface area (Å²) < 4.78 is 38.3. The number of nitrogens with zero attached hydrogens (tertiary/aromatic N) is 1. The lowest BCUT2D eigenvalue weighted by Crippen LogP contribution is -2.02. The lowest BCUT2D eigenvalue weighted by Gasteiger charge is -2.08. The molecule has 4 rings (SSSR count). The Morgan fingerprint density at radius 3 is 2.22 bits per heavy atom. The van der Waals surface area contributed by atoms with Gasteiger partial charge in [0.15, 0.2) is 14.8 Å². The van der Waals surface area contributed by atoms with Crippen LogP contribution in [0.15, 0.2) is 71.6 Å². The molecule has 0 fully saturated rings. The summed E-state index contributed by atoms with van der Waals surface area (Å²) in [6.45, 7) is 0. The Morgan fingerprint density at radius 2 is 1.59 bits per heavy atom. The number of ketones is 1. The summed E-state index contributed by atoms with van der Waals surface area (Å²) in [5.41, 5.74) is 1.53. The molecule has 3 aromatic carbocycles. The Bertz CT molecular complexity index is 1430. The number of rotatable bonds is 5. The summed E-state index contributed by atoms with van der Waals surface area (Å²) in [5.74, 6) is -0.827. The van der Waals surface area contributed by atoms with Crippen LogP contribution < -0.4 is 0 Å². The van der Waals surface area contributed by atoms with Crippen molar-refractivity contribution in [2.24, 2.45) is 0 Å². The van der Waals surface area contributed by atoms with Gasteiger partial charge in [-0.3, -0.25) is 4.79 Å². The SMILES string of the molecule is CS(=O)(=O)c1ccccc1-c1nc(C(=O)c2cc(Cl)cc(Cl)c2)sc1-c1ccc(F)cc1. The second-order valence-corrected chi connectivity index (χ2v) is 10.8. The highest BCUT2D eigenvalue weighted by atomic mass is 35.5. The second kappa shape index (κ2) is 8.75. The van der Waals surface area contributed by atoms with Crippen LogP contribution in [-0.2, 0) is 9.84 Å². The van der Waals surface area contributed by atoms with Crippen molar-refractivity contribution in [3.63, 3.8) is 0 Å². The van der Waals surface area contributed by atoms with Gasteiger partial charge >= 0.3 is 0 Å². The molecule has 0 spiro atoms. The number of hydrogen-bond acceptors (Lipinski definition) is 5. The molecule has 1 aromatic heterocycles. The standard InChI is InChI=1S/C23H14Cl2FNO3S2/c1-32(29,30)19-5-3-2-4-18(19)20-22(13-6-8-17(26)9-7-13)31-23(27-20)21(28)14-10-15(24)12-16(25)11-14/h2-12H,1H3. The van der Waals surface area contributed by atoms with Crippen LogP contribution in [0.4, 0.5) is 4.39 Å². The van der Waals surface area contributed by atoms with E-state index in [-0.39, 0.29) is 15.5 Å². The van der Waals surface area contributed by atoms with Crippen molar-refractivity contribution in [3.8, 4) is 21.7 Å². The van der Waals surface area contributed by atoms with E-state index in [4.69, 9.17) is 23.2 Å². The highest BCUT2D eigenvalue weighted by Gasteiger charge is 2.24. The fourth-order valence-electron chi connectivity index (χ4n) is 3.19. The Hall–Kier alpha value is -2.58. The molecule has 0 N–H and O–H groups in total. The van der Waals surface area contributed by atoms with Crippen molar-refractivity contribution in [2.45, 2.75) is 4.90 Å². The van der Waals surface area contributed by atoms with E-state index in [2.05, 4.69) is 4.98 Å². The van der Waals surface area contributed by atoms with Gasteiger partial charge in [-0.15, -0.1) is 11.3 Å². The molecule has 0 unspecified atom stereocenters. The molecule has 162 valence electrons. The lowest BCUT2D eigenvalue weighted by atomic mass is 10.1. The Kier molecular flexibility index (Phi) is 6.18. The summed E-state index contributed by atoms with van der Waals surface area (Å²) in [5, 5.41) is 0.735. The molecule has 0 saturated heterocycles. The van der Waals surface area contributed by atoms with Gasteiger partial charge in [-0.05, 0) is 42.0 Å². The Balaban J connectivity index is 1.95. The minimum atomic E-state index is -3.58. The van der Waals surface area contributed by atoms with Crippen molar-refractivity contribution in [1.29, 1.82) is 0 Å². The first kappa shape index (κ1) is 22.6.